The molecular formula is C17H18. The maximum Gasteiger partial charge on any atom is 0.0164 e. The molecule has 0 saturated carbocycles. The Bertz CT molecular complexity index is 550. The fraction of sp³-hybridized carbons (Fsp3) is 0.294. The second kappa shape index (κ2) is 3.22. The van der Waals surface area contributed by atoms with Crippen molar-refractivity contribution in [2.45, 2.75) is 33.1 Å². The van der Waals surface area contributed by atoms with Crippen LogP contribution < -0.4 is 0 Å². The van der Waals surface area contributed by atoms with Crippen LogP contribution in [-0.4, -0.2) is 0 Å². The number of rotatable bonds is 0. The molecule has 1 aliphatic carbocycles. The van der Waals surface area contributed by atoms with E-state index in [0.717, 1.165) is 0 Å². The highest BCUT2D eigenvalue weighted by atomic mass is 14.4. The zero-order valence-corrected chi connectivity index (χ0v) is 11.0. The van der Waals surface area contributed by atoms with E-state index in [1.54, 1.807) is 0 Å². The van der Waals surface area contributed by atoms with Gasteiger partial charge in [0.1, 0.15) is 0 Å². The first kappa shape index (κ1) is 10.6. The van der Waals surface area contributed by atoms with Gasteiger partial charge in [0.25, 0.3) is 0 Å². The highest BCUT2D eigenvalue weighted by Gasteiger charge is 2.37. The van der Waals surface area contributed by atoms with E-state index in [1.807, 2.05) is 0 Å². The Kier molecular flexibility index (Phi) is 2.01. The summed E-state index contributed by atoms with van der Waals surface area (Å²) in [5, 5.41) is 0. The Hall–Kier alpha value is -1.56. The molecule has 0 nitrogen and oxygen atoms in total. The Morgan fingerprint density at radius 2 is 1.12 bits per heavy atom. The van der Waals surface area contributed by atoms with Gasteiger partial charge in [0.2, 0.25) is 0 Å². The highest BCUT2D eigenvalue weighted by molar-refractivity contribution is 5.82. The molecule has 0 heterocycles. The van der Waals surface area contributed by atoms with Gasteiger partial charge in [-0.2, -0.15) is 0 Å². The van der Waals surface area contributed by atoms with Crippen molar-refractivity contribution in [2.75, 3.05) is 0 Å². The molecule has 0 radical (unpaired) electrons. The summed E-state index contributed by atoms with van der Waals surface area (Å²) in [4.78, 5) is 0. The van der Waals surface area contributed by atoms with Crippen LogP contribution in [0.5, 0.6) is 0 Å². The van der Waals surface area contributed by atoms with Crippen LogP contribution in [0.1, 0.15) is 36.1 Å². The van der Waals surface area contributed by atoms with Crippen molar-refractivity contribution in [3.05, 3.63) is 58.7 Å². The summed E-state index contributed by atoms with van der Waals surface area (Å²) in [6.45, 7) is 9.14. The maximum absolute atomic E-state index is 2.34. The van der Waals surface area contributed by atoms with Crippen molar-refractivity contribution in [2.24, 2.45) is 0 Å². The van der Waals surface area contributed by atoms with Crippen LogP contribution in [-0.2, 0) is 5.41 Å². The molecule has 0 saturated heterocycles. The Balaban J connectivity index is 2.46. The molecule has 3 rings (SSSR count). The van der Waals surface area contributed by atoms with Gasteiger partial charge in [-0.1, -0.05) is 50.2 Å². The van der Waals surface area contributed by atoms with Gasteiger partial charge in [-0.05, 0) is 47.2 Å². The molecule has 0 unspecified atom stereocenters. The zero-order valence-electron chi connectivity index (χ0n) is 11.0. The lowest BCUT2D eigenvalue weighted by molar-refractivity contribution is 0.651. The van der Waals surface area contributed by atoms with Gasteiger partial charge in [-0.15, -0.1) is 0 Å². The second-order valence-corrected chi connectivity index (χ2v) is 5.62. The molecule has 2 aromatic carbocycles. The van der Waals surface area contributed by atoms with E-state index in [0.29, 0.717) is 0 Å². The molecule has 0 aromatic heterocycles. The van der Waals surface area contributed by atoms with Crippen molar-refractivity contribution >= 4 is 0 Å². The smallest absolute Gasteiger partial charge is 0.0164 e. The third kappa shape index (κ3) is 1.24. The lowest BCUT2D eigenvalue weighted by Crippen LogP contribution is -2.17. The molecule has 0 spiro atoms. The van der Waals surface area contributed by atoms with Crippen LogP contribution in [0.2, 0.25) is 0 Å². The minimum atomic E-state index is 0.140. The Labute approximate surface area is 103 Å². The van der Waals surface area contributed by atoms with Gasteiger partial charge in [-0.3, -0.25) is 0 Å². The van der Waals surface area contributed by atoms with Gasteiger partial charge < -0.3 is 0 Å². The third-order valence-corrected chi connectivity index (χ3v) is 4.09. The van der Waals surface area contributed by atoms with Crippen LogP contribution in [0.3, 0.4) is 0 Å². The van der Waals surface area contributed by atoms with E-state index in [4.69, 9.17) is 0 Å². The number of hydrogen-bond donors (Lipinski definition) is 0. The first-order chi connectivity index (χ1) is 8.03. The molecule has 0 heteroatoms. The number of hydrogen-bond acceptors (Lipinski definition) is 0. The van der Waals surface area contributed by atoms with Crippen LogP contribution in [0, 0.1) is 13.8 Å². The SMILES string of the molecule is Cc1cccc2c1C(C)(C)c1c(C)cccc1-2. The molecule has 2 aromatic rings. The van der Waals surface area contributed by atoms with Crippen LogP contribution in [0.25, 0.3) is 11.1 Å². The van der Waals surface area contributed by atoms with Gasteiger partial charge >= 0.3 is 0 Å². The summed E-state index contributed by atoms with van der Waals surface area (Å²) in [5.74, 6) is 0. The predicted octanol–water partition coefficient (Wildman–Crippen LogP) is 4.61. The van der Waals surface area contributed by atoms with E-state index in [9.17, 15) is 0 Å². The average Bonchev–Trinajstić information content (AvgIpc) is 2.50. The standard InChI is InChI=1S/C17H18/c1-11-7-5-9-13-14-10-6-8-12(2)16(14)17(3,4)15(11)13/h5-10H,1-4H3. The fourth-order valence-corrected chi connectivity index (χ4v) is 3.57. The first-order valence-corrected chi connectivity index (χ1v) is 6.24. The highest BCUT2D eigenvalue weighted by Crippen LogP contribution is 2.50. The molecule has 0 aliphatic heterocycles. The Morgan fingerprint density at radius 3 is 1.53 bits per heavy atom. The van der Waals surface area contributed by atoms with Gasteiger partial charge in [0.15, 0.2) is 0 Å². The molecule has 1 aliphatic rings. The monoisotopic (exact) mass is 222 g/mol. The third-order valence-electron chi connectivity index (χ3n) is 4.09. The van der Waals surface area contributed by atoms with E-state index in [-0.39, 0.29) is 5.41 Å². The second-order valence-electron chi connectivity index (χ2n) is 5.62. The molecule has 17 heavy (non-hydrogen) atoms. The fourth-order valence-electron chi connectivity index (χ4n) is 3.57. The number of fused-ring (bicyclic) bond motifs is 3. The van der Waals surface area contributed by atoms with Gasteiger partial charge in [0, 0.05) is 5.41 Å². The number of benzene rings is 2. The molecule has 0 atom stereocenters. The van der Waals surface area contributed by atoms with Gasteiger partial charge in [-0.25, -0.2) is 0 Å². The molecular weight excluding hydrogens is 204 g/mol. The molecule has 0 fully saturated rings. The van der Waals surface area contributed by atoms with Crippen molar-refractivity contribution in [3.63, 3.8) is 0 Å². The average molecular weight is 222 g/mol. The largest absolute Gasteiger partial charge is 0.0614 e. The lowest BCUT2D eigenvalue weighted by atomic mass is 9.79. The molecule has 0 N–H and O–H groups in total. The van der Waals surface area contributed by atoms with E-state index < -0.39 is 0 Å². The minimum absolute atomic E-state index is 0.140. The Morgan fingerprint density at radius 1 is 0.706 bits per heavy atom. The van der Waals surface area contributed by atoms with Gasteiger partial charge in [0.05, 0.1) is 0 Å². The van der Waals surface area contributed by atoms with Crippen LogP contribution in [0.15, 0.2) is 36.4 Å². The summed E-state index contributed by atoms with van der Waals surface area (Å²) in [6.07, 6.45) is 0. The predicted molar refractivity (Wildman–Crippen MR) is 73.5 cm³/mol. The summed E-state index contributed by atoms with van der Waals surface area (Å²) in [5.41, 5.74) is 8.81. The molecule has 0 amide bonds. The maximum atomic E-state index is 2.34. The summed E-state index contributed by atoms with van der Waals surface area (Å²) in [7, 11) is 0. The summed E-state index contributed by atoms with van der Waals surface area (Å²) < 4.78 is 0. The van der Waals surface area contributed by atoms with E-state index in [1.165, 1.54) is 33.4 Å². The zero-order chi connectivity index (χ0) is 12.2. The quantitative estimate of drug-likeness (QED) is 0.610. The van der Waals surface area contributed by atoms with Crippen molar-refractivity contribution in [3.8, 4) is 11.1 Å². The summed E-state index contributed by atoms with van der Waals surface area (Å²) in [6, 6.07) is 13.3. The minimum Gasteiger partial charge on any atom is -0.0614 e. The van der Waals surface area contributed by atoms with E-state index >= 15 is 0 Å². The lowest BCUT2D eigenvalue weighted by Gasteiger charge is -2.24. The summed E-state index contributed by atoms with van der Waals surface area (Å²) >= 11 is 0. The van der Waals surface area contributed by atoms with E-state index in [2.05, 4.69) is 64.1 Å². The van der Waals surface area contributed by atoms with Crippen molar-refractivity contribution < 1.29 is 0 Å². The molecule has 0 bridgehead atoms. The van der Waals surface area contributed by atoms with Crippen molar-refractivity contribution in [1.29, 1.82) is 0 Å². The van der Waals surface area contributed by atoms with Crippen molar-refractivity contribution in [1.82, 2.24) is 0 Å². The van der Waals surface area contributed by atoms with Crippen LogP contribution in [0.4, 0.5) is 0 Å². The number of aryl methyl sites for hydroxylation is 2. The first-order valence-electron chi connectivity index (χ1n) is 6.24. The molecule has 86 valence electrons. The van der Waals surface area contributed by atoms with Crippen LogP contribution >= 0.6 is 0 Å². The normalized spacial score (nSPS) is 15.5. The topological polar surface area (TPSA) is 0 Å².